The van der Waals surface area contributed by atoms with Crippen molar-refractivity contribution in [3.8, 4) is 23.0 Å². The van der Waals surface area contributed by atoms with Gasteiger partial charge in [0.1, 0.15) is 35.2 Å². The van der Waals surface area contributed by atoms with Gasteiger partial charge in [-0.2, -0.15) is 9.97 Å². The largest absolute Gasteiger partial charge is 0.522 e. The molecule has 9 nitrogen and oxygen atoms in total. The summed E-state index contributed by atoms with van der Waals surface area (Å²) in [5.74, 6) is -0.799. The van der Waals surface area contributed by atoms with Gasteiger partial charge in [0.2, 0.25) is 0 Å². The van der Waals surface area contributed by atoms with Gasteiger partial charge < -0.3 is 20.1 Å². The van der Waals surface area contributed by atoms with Crippen molar-refractivity contribution in [2.75, 3.05) is 31.1 Å². The summed E-state index contributed by atoms with van der Waals surface area (Å²) in [7, 11) is 0. The molecule has 2 N–H and O–H groups in total. The number of fused-ring (bicyclic) bond motifs is 7. The predicted octanol–water partition coefficient (Wildman–Crippen LogP) is 5.91. The van der Waals surface area contributed by atoms with E-state index in [1.807, 2.05) is 4.90 Å². The summed E-state index contributed by atoms with van der Waals surface area (Å²) in [6.45, 7) is 3.06. The molecule has 258 valence electrons. The number of aromatic nitrogens is 3. The number of aryl methyl sites for hydroxylation is 2. The minimum absolute atomic E-state index is 0.00237. The van der Waals surface area contributed by atoms with Crippen molar-refractivity contribution in [2.45, 2.75) is 88.0 Å². The van der Waals surface area contributed by atoms with E-state index >= 15 is 4.39 Å². The number of hydrogen-bond donors (Lipinski definition) is 2. The van der Waals surface area contributed by atoms with E-state index in [0.29, 0.717) is 59.2 Å². The van der Waals surface area contributed by atoms with E-state index in [1.165, 1.54) is 18.2 Å². The number of piperazine rings is 1. The Morgan fingerprint density at radius 2 is 1.92 bits per heavy atom. The summed E-state index contributed by atoms with van der Waals surface area (Å²) < 4.78 is 82.0. The topological polar surface area (TPSA) is 95.9 Å². The third kappa shape index (κ3) is 5.08. The van der Waals surface area contributed by atoms with Crippen LogP contribution in [0.1, 0.15) is 49.8 Å². The zero-order chi connectivity index (χ0) is 33.8. The van der Waals surface area contributed by atoms with Crippen LogP contribution in [0.15, 0.2) is 24.3 Å². The molecule has 2 aromatic heterocycles. The van der Waals surface area contributed by atoms with Gasteiger partial charge in [-0.25, -0.2) is 13.8 Å². The van der Waals surface area contributed by atoms with E-state index in [-0.39, 0.29) is 66.2 Å². The molecule has 0 saturated carbocycles. The maximum Gasteiger partial charge on any atom is 0.522 e. The van der Waals surface area contributed by atoms with Gasteiger partial charge in [0.25, 0.3) is 0 Å². The number of nitrogens with one attached hydrogen (secondary N) is 1. The molecule has 9 rings (SSSR count). The molecule has 4 saturated heterocycles. The Balaban J connectivity index is 1.18. The molecule has 0 spiro atoms. The zero-order valence-electron chi connectivity index (χ0n) is 26.8. The molecule has 14 heteroatoms. The monoisotopic (exact) mass is 682 g/mol. The van der Waals surface area contributed by atoms with Crippen LogP contribution in [0.5, 0.6) is 11.8 Å². The lowest BCUT2D eigenvalue weighted by atomic mass is 9.94. The van der Waals surface area contributed by atoms with Crippen molar-refractivity contribution in [1.29, 1.82) is 0 Å². The smallest absolute Gasteiger partial charge is 0.508 e. The summed E-state index contributed by atoms with van der Waals surface area (Å²) in [5.41, 5.74) is 0.408. The number of hydrogen-bond acceptors (Lipinski definition) is 9. The first-order valence-corrected chi connectivity index (χ1v) is 16.9. The number of halogens is 5. The number of phenols is 1. The van der Waals surface area contributed by atoms with E-state index in [1.54, 1.807) is 13.0 Å². The minimum Gasteiger partial charge on any atom is -0.508 e. The van der Waals surface area contributed by atoms with Crippen molar-refractivity contribution in [2.24, 2.45) is 0 Å². The molecule has 5 aliphatic rings. The molecule has 49 heavy (non-hydrogen) atoms. The average Bonchev–Trinajstić information content (AvgIpc) is 3.69. The molecule has 2 aromatic carbocycles. The highest BCUT2D eigenvalue weighted by molar-refractivity contribution is 6.02. The second kappa shape index (κ2) is 11.1. The molecule has 4 fully saturated rings. The molecule has 0 aliphatic carbocycles. The number of alkyl halides is 3. The van der Waals surface area contributed by atoms with Crippen LogP contribution in [0.4, 0.5) is 27.8 Å². The summed E-state index contributed by atoms with van der Waals surface area (Å²) in [5, 5.41) is 15.8. The zero-order valence-corrected chi connectivity index (χ0v) is 26.8. The number of aromatic hydroxyl groups is 1. The van der Waals surface area contributed by atoms with Crippen molar-refractivity contribution < 1.29 is 36.5 Å². The summed E-state index contributed by atoms with van der Waals surface area (Å²) in [6, 6.07) is 6.23. The summed E-state index contributed by atoms with van der Waals surface area (Å²) in [4.78, 5) is 18.6. The van der Waals surface area contributed by atoms with Gasteiger partial charge in [-0.05, 0) is 92.9 Å². The lowest BCUT2D eigenvalue weighted by Gasteiger charge is -2.41. The van der Waals surface area contributed by atoms with Crippen LogP contribution in [0.25, 0.3) is 32.9 Å². The van der Waals surface area contributed by atoms with E-state index in [0.717, 1.165) is 25.7 Å². The molecular formula is C35H35F5N6O3. The van der Waals surface area contributed by atoms with Gasteiger partial charge in [0.05, 0.1) is 22.7 Å². The maximum atomic E-state index is 17.1. The highest BCUT2D eigenvalue weighted by Crippen LogP contribution is 2.45. The quantitative estimate of drug-likeness (QED) is 0.249. The van der Waals surface area contributed by atoms with Gasteiger partial charge in [0.15, 0.2) is 5.82 Å². The fourth-order valence-electron chi connectivity index (χ4n) is 9.34. The molecule has 7 heterocycles. The predicted molar refractivity (Wildman–Crippen MR) is 171 cm³/mol. The van der Waals surface area contributed by atoms with Gasteiger partial charge in [-0.3, -0.25) is 9.64 Å². The number of phenolic OH excluding ortho intramolecular Hbond substituents is 1. The second-order valence-corrected chi connectivity index (χ2v) is 14.3. The molecule has 5 aliphatic heterocycles. The Morgan fingerprint density at radius 1 is 1.06 bits per heavy atom. The standard InChI is InChI=1S/C35H35F5N6O3/c1-17-23(36)5-3-18-11-20(47)12-22(27(17)18)30-29(37)31-28-25(42-30)7-8-26-24-6-4-19(41-24)14-46(26)32(28)44-33(43-31)48-16-34-9-2-10-45(34)15-21(13-34)49-35(38,39)40/h3,5,11-12,19,21,24,26,41,47H,2,4,6-10,13-16H2,1H3/t19-,21+,24+,26-,34-/m1/s1. The Hall–Kier alpha value is -3.88. The number of ether oxygens (including phenoxy) is 2. The maximum absolute atomic E-state index is 17.1. The Bertz CT molecular complexity index is 2010. The number of pyridine rings is 1. The van der Waals surface area contributed by atoms with Crippen LogP contribution >= 0.6 is 0 Å². The van der Waals surface area contributed by atoms with Crippen LogP contribution in [-0.2, 0) is 11.2 Å². The highest BCUT2D eigenvalue weighted by atomic mass is 19.4. The van der Waals surface area contributed by atoms with E-state index in [4.69, 9.17) is 14.7 Å². The van der Waals surface area contributed by atoms with Gasteiger partial charge in [-0.15, -0.1) is 13.2 Å². The average molecular weight is 683 g/mol. The molecule has 0 amide bonds. The van der Waals surface area contributed by atoms with Crippen LogP contribution in [0.3, 0.4) is 0 Å². The first kappa shape index (κ1) is 31.1. The fourth-order valence-corrected chi connectivity index (χ4v) is 9.34. The molecule has 0 radical (unpaired) electrons. The van der Waals surface area contributed by atoms with E-state index in [9.17, 15) is 22.7 Å². The molecule has 0 unspecified atom stereocenters. The molecule has 5 atom stereocenters. The Kier molecular flexibility index (Phi) is 7.03. The second-order valence-electron chi connectivity index (χ2n) is 14.3. The summed E-state index contributed by atoms with van der Waals surface area (Å²) >= 11 is 0. The van der Waals surface area contributed by atoms with Crippen LogP contribution in [0.2, 0.25) is 0 Å². The number of anilines is 1. The van der Waals surface area contributed by atoms with Crippen molar-refractivity contribution in [3.05, 3.63) is 47.2 Å². The van der Waals surface area contributed by atoms with Gasteiger partial charge >= 0.3 is 12.4 Å². The lowest BCUT2D eigenvalue weighted by molar-refractivity contribution is -0.340. The van der Waals surface area contributed by atoms with Gasteiger partial charge in [0, 0.05) is 36.8 Å². The highest BCUT2D eigenvalue weighted by Gasteiger charge is 2.52. The van der Waals surface area contributed by atoms with Crippen LogP contribution < -0.4 is 15.0 Å². The van der Waals surface area contributed by atoms with Gasteiger partial charge in [-0.1, -0.05) is 6.07 Å². The fraction of sp³-hybridized carbons (Fsp3) is 0.514. The van der Waals surface area contributed by atoms with Crippen LogP contribution in [0, 0.1) is 18.6 Å². The summed E-state index contributed by atoms with van der Waals surface area (Å²) in [6.07, 6.45) is -0.889. The number of rotatable bonds is 5. The Labute approximate surface area is 278 Å². The van der Waals surface area contributed by atoms with Crippen LogP contribution in [-0.4, -0.2) is 87.3 Å². The first-order valence-electron chi connectivity index (χ1n) is 16.9. The van der Waals surface area contributed by atoms with E-state index < -0.39 is 29.6 Å². The molecule has 4 aromatic rings. The third-order valence-electron chi connectivity index (χ3n) is 11.4. The SMILES string of the molecule is Cc1c(F)ccc2cc(O)cc(-c3nc4c5c(nc(OC[C@]67CCCN6C[C@@H](OC(F)(F)F)C7)nc5c3F)N3C[C@H]5CC[C@H](N5)[C@H]3CC4)c12. The Morgan fingerprint density at radius 3 is 2.76 bits per heavy atom. The number of benzene rings is 2. The number of nitrogens with zero attached hydrogens (tertiary/aromatic N) is 5. The minimum atomic E-state index is -4.74. The third-order valence-corrected chi connectivity index (χ3v) is 11.4. The normalized spacial score (nSPS) is 27.9. The lowest BCUT2D eigenvalue weighted by Crippen LogP contribution is -2.58. The van der Waals surface area contributed by atoms with Crippen molar-refractivity contribution >= 4 is 27.5 Å². The first-order chi connectivity index (χ1) is 23.5. The molecular weight excluding hydrogens is 647 g/mol. The van der Waals surface area contributed by atoms with E-state index in [2.05, 4.69) is 19.9 Å². The van der Waals surface area contributed by atoms with Crippen molar-refractivity contribution in [1.82, 2.24) is 25.2 Å². The van der Waals surface area contributed by atoms with Crippen molar-refractivity contribution in [3.63, 3.8) is 0 Å². The molecule has 2 bridgehead atoms.